The van der Waals surface area contributed by atoms with Crippen molar-refractivity contribution in [3.8, 4) is 5.75 Å². The van der Waals surface area contributed by atoms with Crippen molar-refractivity contribution in [1.82, 2.24) is 10.2 Å². The molecule has 0 spiro atoms. The Morgan fingerprint density at radius 3 is 2.69 bits per heavy atom. The van der Waals surface area contributed by atoms with E-state index in [4.69, 9.17) is 4.74 Å². The maximum atomic E-state index is 13.8. The highest BCUT2D eigenvalue weighted by Crippen LogP contribution is 2.33. The Labute approximate surface area is 186 Å². The van der Waals surface area contributed by atoms with Crippen molar-refractivity contribution in [2.24, 2.45) is 0 Å². The van der Waals surface area contributed by atoms with E-state index >= 15 is 0 Å². The van der Waals surface area contributed by atoms with E-state index in [-0.39, 0.29) is 29.3 Å². The molecule has 2 aliphatic heterocycles. The molecule has 2 aromatic rings. The lowest BCUT2D eigenvalue weighted by atomic mass is 9.84. The van der Waals surface area contributed by atoms with Crippen molar-refractivity contribution in [3.63, 3.8) is 0 Å². The van der Waals surface area contributed by atoms with Gasteiger partial charge in [-0.3, -0.25) is 9.59 Å². The monoisotopic (exact) mass is 442 g/mol. The third-order valence-electron chi connectivity index (χ3n) is 6.69. The second-order valence-corrected chi connectivity index (χ2v) is 8.85. The maximum absolute atomic E-state index is 13.8. The summed E-state index contributed by atoms with van der Waals surface area (Å²) in [5.41, 5.74) is 1.38. The van der Waals surface area contributed by atoms with E-state index in [9.17, 15) is 18.4 Å². The van der Waals surface area contributed by atoms with Crippen molar-refractivity contribution >= 4 is 11.8 Å². The van der Waals surface area contributed by atoms with Crippen LogP contribution in [0.3, 0.4) is 0 Å². The standard InChI is InChI=1S/C25H28F2N2O3/c1-32-22-14-17(2-7-21(22)27)15-25(11-8-23(30)28-25)12-9-24(31)29-13-10-19(16-29)18-3-5-20(26)6-4-18/h2-7,14,19H,8-13,15-16H2,1H3,(H,28,30)/t19-,25+/m1/s1. The van der Waals surface area contributed by atoms with Gasteiger partial charge >= 0.3 is 0 Å². The molecule has 2 atom stereocenters. The summed E-state index contributed by atoms with van der Waals surface area (Å²) in [6.07, 6.45) is 3.28. The predicted molar refractivity (Wildman–Crippen MR) is 116 cm³/mol. The summed E-state index contributed by atoms with van der Waals surface area (Å²) < 4.78 is 32.0. The summed E-state index contributed by atoms with van der Waals surface area (Å²) in [6.45, 7) is 1.30. The molecule has 5 nitrogen and oxygen atoms in total. The first kappa shape index (κ1) is 22.2. The molecule has 2 aliphatic rings. The number of hydrogen-bond acceptors (Lipinski definition) is 3. The molecule has 2 amide bonds. The molecule has 4 rings (SSSR count). The molecule has 0 saturated carbocycles. The number of benzene rings is 2. The summed E-state index contributed by atoms with van der Waals surface area (Å²) in [7, 11) is 1.42. The van der Waals surface area contributed by atoms with E-state index in [1.54, 1.807) is 24.3 Å². The fourth-order valence-corrected chi connectivity index (χ4v) is 4.89. The van der Waals surface area contributed by atoms with Crippen LogP contribution in [-0.4, -0.2) is 42.5 Å². The first-order valence-corrected chi connectivity index (χ1v) is 11.0. The Kier molecular flexibility index (Phi) is 6.44. The molecule has 32 heavy (non-hydrogen) atoms. The zero-order valence-corrected chi connectivity index (χ0v) is 18.2. The van der Waals surface area contributed by atoms with Gasteiger partial charge in [0.15, 0.2) is 11.6 Å². The summed E-state index contributed by atoms with van der Waals surface area (Å²) in [4.78, 5) is 26.8. The highest BCUT2D eigenvalue weighted by atomic mass is 19.1. The molecular formula is C25H28F2N2O3. The second kappa shape index (κ2) is 9.27. The lowest BCUT2D eigenvalue weighted by Gasteiger charge is -2.30. The molecule has 0 radical (unpaired) electrons. The largest absolute Gasteiger partial charge is 0.494 e. The number of carbonyl (C=O) groups excluding carboxylic acids is 2. The van der Waals surface area contributed by atoms with Crippen molar-refractivity contribution in [2.45, 2.75) is 50.0 Å². The van der Waals surface area contributed by atoms with Gasteiger partial charge in [-0.15, -0.1) is 0 Å². The molecule has 0 aromatic heterocycles. The number of hydrogen-bond donors (Lipinski definition) is 1. The number of nitrogens with one attached hydrogen (secondary N) is 1. The number of nitrogens with zero attached hydrogens (tertiary/aromatic N) is 1. The van der Waals surface area contributed by atoms with Gasteiger partial charge in [0.1, 0.15) is 5.82 Å². The Balaban J connectivity index is 1.39. The fraction of sp³-hybridized carbons (Fsp3) is 0.440. The van der Waals surface area contributed by atoms with Crippen LogP contribution >= 0.6 is 0 Å². The van der Waals surface area contributed by atoms with Crippen LogP contribution in [-0.2, 0) is 16.0 Å². The molecule has 2 aromatic carbocycles. The van der Waals surface area contributed by atoms with Gasteiger partial charge in [0, 0.05) is 37.4 Å². The third kappa shape index (κ3) is 4.92. The average Bonchev–Trinajstić information content (AvgIpc) is 3.42. The number of amides is 2. The van der Waals surface area contributed by atoms with Crippen LogP contribution in [0.2, 0.25) is 0 Å². The lowest BCUT2D eigenvalue weighted by Crippen LogP contribution is -2.44. The highest BCUT2D eigenvalue weighted by molar-refractivity contribution is 5.80. The number of ether oxygens (including phenoxy) is 1. The van der Waals surface area contributed by atoms with Crippen molar-refractivity contribution in [2.75, 3.05) is 20.2 Å². The van der Waals surface area contributed by atoms with Gasteiger partial charge in [-0.1, -0.05) is 18.2 Å². The van der Waals surface area contributed by atoms with Crippen LogP contribution in [0.4, 0.5) is 8.78 Å². The summed E-state index contributed by atoms with van der Waals surface area (Å²) in [6, 6.07) is 11.2. The minimum atomic E-state index is -0.522. The molecule has 2 saturated heterocycles. The lowest BCUT2D eigenvalue weighted by molar-refractivity contribution is -0.131. The molecular weight excluding hydrogens is 414 g/mol. The van der Waals surface area contributed by atoms with Crippen LogP contribution < -0.4 is 10.1 Å². The Morgan fingerprint density at radius 1 is 1.22 bits per heavy atom. The normalized spacial score (nSPS) is 22.8. The second-order valence-electron chi connectivity index (χ2n) is 8.85. The van der Waals surface area contributed by atoms with Gasteiger partial charge in [-0.05, 0) is 61.1 Å². The van der Waals surface area contributed by atoms with E-state index in [0.717, 1.165) is 17.5 Å². The molecule has 170 valence electrons. The Hall–Kier alpha value is -2.96. The Morgan fingerprint density at radius 2 is 2.00 bits per heavy atom. The van der Waals surface area contributed by atoms with Gasteiger partial charge in [0.05, 0.1) is 7.11 Å². The number of rotatable bonds is 7. The van der Waals surface area contributed by atoms with Crippen molar-refractivity contribution in [1.29, 1.82) is 0 Å². The van der Waals surface area contributed by atoms with E-state index in [0.29, 0.717) is 45.2 Å². The maximum Gasteiger partial charge on any atom is 0.222 e. The van der Waals surface area contributed by atoms with Gasteiger partial charge in [0.2, 0.25) is 11.8 Å². The average molecular weight is 443 g/mol. The summed E-state index contributed by atoms with van der Waals surface area (Å²) in [5.74, 6) is -0.271. The van der Waals surface area contributed by atoms with E-state index in [2.05, 4.69) is 5.32 Å². The highest BCUT2D eigenvalue weighted by Gasteiger charge is 2.39. The summed E-state index contributed by atoms with van der Waals surface area (Å²) >= 11 is 0. The zero-order valence-electron chi connectivity index (χ0n) is 18.2. The smallest absolute Gasteiger partial charge is 0.222 e. The zero-order chi connectivity index (χ0) is 22.7. The number of carbonyl (C=O) groups is 2. The molecule has 1 N–H and O–H groups in total. The van der Waals surface area contributed by atoms with Crippen molar-refractivity contribution < 1.29 is 23.1 Å². The van der Waals surface area contributed by atoms with E-state index < -0.39 is 11.4 Å². The third-order valence-corrected chi connectivity index (χ3v) is 6.69. The molecule has 0 bridgehead atoms. The van der Waals surface area contributed by atoms with Gasteiger partial charge in [-0.2, -0.15) is 0 Å². The van der Waals surface area contributed by atoms with Gasteiger partial charge in [0.25, 0.3) is 0 Å². The van der Waals surface area contributed by atoms with Crippen LogP contribution in [0.5, 0.6) is 5.75 Å². The topological polar surface area (TPSA) is 58.6 Å². The van der Waals surface area contributed by atoms with Crippen LogP contribution in [0.1, 0.15) is 49.1 Å². The first-order valence-electron chi connectivity index (χ1n) is 11.0. The Bertz CT molecular complexity index is 995. The summed E-state index contributed by atoms with van der Waals surface area (Å²) in [5, 5.41) is 3.07. The van der Waals surface area contributed by atoms with Crippen LogP contribution in [0, 0.1) is 11.6 Å². The molecule has 2 fully saturated rings. The molecule has 0 aliphatic carbocycles. The van der Waals surface area contributed by atoms with Gasteiger partial charge < -0.3 is 15.0 Å². The quantitative estimate of drug-likeness (QED) is 0.706. The molecule has 2 heterocycles. The van der Waals surface area contributed by atoms with Crippen molar-refractivity contribution in [3.05, 3.63) is 65.2 Å². The molecule has 7 heteroatoms. The van der Waals surface area contributed by atoms with E-state index in [1.807, 2.05) is 4.90 Å². The minimum absolute atomic E-state index is 0.0240. The minimum Gasteiger partial charge on any atom is -0.494 e. The molecule has 0 unspecified atom stereocenters. The fourth-order valence-electron chi connectivity index (χ4n) is 4.89. The first-order chi connectivity index (χ1) is 15.4. The van der Waals surface area contributed by atoms with Crippen LogP contribution in [0.15, 0.2) is 42.5 Å². The SMILES string of the molecule is COc1cc(C[C@@]2(CCC(=O)N3CC[C@@H](c4ccc(F)cc4)C3)CCC(=O)N2)ccc1F. The van der Waals surface area contributed by atoms with E-state index in [1.165, 1.54) is 25.3 Å². The number of methoxy groups -OCH3 is 1. The van der Waals surface area contributed by atoms with Gasteiger partial charge in [-0.25, -0.2) is 8.78 Å². The van der Waals surface area contributed by atoms with Crippen LogP contribution in [0.25, 0.3) is 0 Å². The number of halogens is 2. The number of likely N-dealkylation sites (tertiary alicyclic amines) is 1. The predicted octanol–water partition coefficient (Wildman–Crippen LogP) is 3.96.